The normalized spacial score (nSPS) is 23.1. The molecule has 0 aromatic heterocycles. The van der Waals surface area contributed by atoms with Crippen LogP contribution in [0.15, 0.2) is 22.7 Å². The number of halogens is 1. The van der Waals surface area contributed by atoms with E-state index in [4.69, 9.17) is 5.11 Å². The first-order chi connectivity index (χ1) is 9.11. The molecule has 19 heavy (non-hydrogen) atoms. The van der Waals surface area contributed by atoms with Gasteiger partial charge in [0.15, 0.2) is 0 Å². The van der Waals surface area contributed by atoms with Gasteiger partial charge in [0.2, 0.25) is 0 Å². The van der Waals surface area contributed by atoms with E-state index < -0.39 is 5.97 Å². The Hall–Kier alpha value is -1.07. The van der Waals surface area contributed by atoms with Crippen LogP contribution >= 0.6 is 15.9 Å². The van der Waals surface area contributed by atoms with Gasteiger partial charge in [-0.15, -0.1) is 0 Å². The maximum Gasteiger partial charge on any atom is 0.335 e. The molecule has 4 nitrogen and oxygen atoms in total. The fraction of sp³-hybridized carbons (Fsp3) is 0.500. The second kappa shape index (κ2) is 6.39. The van der Waals surface area contributed by atoms with E-state index in [1.807, 2.05) is 0 Å². The summed E-state index contributed by atoms with van der Waals surface area (Å²) in [4.78, 5) is 10.9. The summed E-state index contributed by atoms with van der Waals surface area (Å²) in [6.45, 7) is 0.197. The van der Waals surface area contributed by atoms with Crippen molar-refractivity contribution >= 4 is 27.6 Å². The topological polar surface area (TPSA) is 69.6 Å². The molecular formula is C14H18BrNO3. The Morgan fingerprint density at radius 2 is 2.11 bits per heavy atom. The highest BCUT2D eigenvalue weighted by Crippen LogP contribution is 2.30. The Kier molecular flexibility index (Phi) is 4.82. The average Bonchev–Trinajstić information content (AvgIpc) is 2.41. The molecule has 0 radical (unpaired) electrons. The van der Waals surface area contributed by atoms with E-state index >= 15 is 0 Å². The van der Waals surface area contributed by atoms with Gasteiger partial charge < -0.3 is 15.5 Å². The number of carboxylic acids is 1. The first-order valence-electron chi connectivity index (χ1n) is 6.52. The molecule has 104 valence electrons. The van der Waals surface area contributed by atoms with E-state index in [9.17, 15) is 9.90 Å². The number of rotatable bonds is 4. The standard InChI is InChI=1S/C14H18BrNO3/c15-11-7-9(14(18)19)5-6-13(11)16-12-4-2-1-3-10(12)8-17/h5-7,10,12,16-17H,1-4,8H2,(H,18,19). The highest BCUT2D eigenvalue weighted by molar-refractivity contribution is 9.10. The van der Waals surface area contributed by atoms with Crippen LogP contribution in [0.4, 0.5) is 5.69 Å². The number of carbonyl (C=O) groups is 1. The molecule has 2 rings (SSSR count). The molecule has 0 heterocycles. The van der Waals surface area contributed by atoms with Crippen LogP contribution in [0.2, 0.25) is 0 Å². The fourth-order valence-corrected chi connectivity index (χ4v) is 3.07. The first-order valence-corrected chi connectivity index (χ1v) is 7.31. The van der Waals surface area contributed by atoms with Gasteiger partial charge in [-0.25, -0.2) is 4.79 Å². The molecule has 3 N–H and O–H groups in total. The zero-order valence-corrected chi connectivity index (χ0v) is 12.2. The third-order valence-electron chi connectivity index (χ3n) is 3.70. The van der Waals surface area contributed by atoms with Gasteiger partial charge in [0, 0.05) is 28.7 Å². The molecule has 1 fully saturated rings. The van der Waals surface area contributed by atoms with Crippen molar-refractivity contribution in [1.82, 2.24) is 0 Å². The van der Waals surface area contributed by atoms with Crippen LogP contribution in [-0.4, -0.2) is 28.8 Å². The molecule has 0 aliphatic heterocycles. The van der Waals surface area contributed by atoms with Crippen molar-refractivity contribution in [2.24, 2.45) is 5.92 Å². The van der Waals surface area contributed by atoms with Crippen molar-refractivity contribution in [3.05, 3.63) is 28.2 Å². The summed E-state index contributed by atoms with van der Waals surface area (Å²) in [5, 5.41) is 21.7. The minimum atomic E-state index is -0.932. The fourth-order valence-electron chi connectivity index (χ4n) is 2.58. The van der Waals surface area contributed by atoms with Crippen molar-refractivity contribution in [2.75, 3.05) is 11.9 Å². The molecule has 1 saturated carbocycles. The number of anilines is 1. The van der Waals surface area contributed by atoms with Crippen LogP contribution in [-0.2, 0) is 0 Å². The molecule has 1 aromatic rings. The van der Waals surface area contributed by atoms with E-state index in [0.29, 0.717) is 0 Å². The molecule has 0 spiro atoms. The number of aliphatic hydroxyl groups is 1. The summed E-state index contributed by atoms with van der Waals surface area (Å²) in [7, 11) is 0. The smallest absolute Gasteiger partial charge is 0.335 e. The Bertz CT molecular complexity index is 464. The highest BCUT2D eigenvalue weighted by Gasteiger charge is 2.24. The lowest BCUT2D eigenvalue weighted by atomic mass is 9.85. The Labute approximate surface area is 121 Å². The minimum Gasteiger partial charge on any atom is -0.478 e. The Morgan fingerprint density at radius 3 is 2.74 bits per heavy atom. The Balaban J connectivity index is 2.11. The number of aliphatic hydroxyl groups excluding tert-OH is 1. The van der Waals surface area contributed by atoms with Gasteiger partial charge in [-0.05, 0) is 47.0 Å². The molecule has 1 aliphatic rings. The molecule has 0 saturated heterocycles. The van der Waals surface area contributed by atoms with Crippen LogP contribution in [0.1, 0.15) is 36.0 Å². The largest absolute Gasteiger partial charge is 0.478 e. The summed E-state index contributed by atoms with van der Waals surface area (Å²) >= 11 is 3.40. The maximum atomic E-state index is 10.9. The van der Waals surface area contributed by atoms with Crippen LogP contribution in [0.5, 0.6) is 0 Å². The van der Waals surface area contributed by atoms with Gasteiger partial charge >= 0.3 is 5.97 Å². The maximum absolute atomic E-state index is 10.9. The third-order valence-corrected chi connectivity index (χ3v) is 4.36. The van der Waals surface area contributed by atoms with Crippen molar-refractivity contribution in [3.8, 4) is 0 Å². The zero-order chi connectivity index (χ0) is 13.8. The lowest BCUT2D eigenvalue weighted by Gasteiger charge is -2.32. The predicted molar refractivity (Wildman–Crippen MR) is 77.6 cm³/mol. The third kappa shape index (κ3) is 3.48. The van der Waals surface area contributed by atoms with Crippen LogP contribution in [0.3, 0.4) is 0 Å². The van der Waals surface area contributed by atoms with Gasteiger partial charge in [-0.1, -0.05) is 12.8 Å². The lowest BCUT2D eigenvalue weighted by molar-refractivity contribution is 0.0697. The lowest BCUT2D eigenvalue weighted by Crippen LogP contribution is -2.34. The minimum absolute atomic E-state index is 0.197. The van der Waals surface area contributed by atoms with Gasteiger partial charge in [-0.2, -0.15) is 0 Å². The summed E-state index contributed by atoms with van der Waals surface area (Å²) in [5.74, 6) is -0.655. The summed E-state index contributed by atoms with van der Waals surface area (Å²) in [5.41, 5.74) is 1.15. The molecule has 2 unspecified atom stereocenters. The number of hydrogen-bond donors (Lipinski definition) is 3. The van der Waals surface area contributed by atoms with Gasteiger partial charge in [0.05, 0.1) is 5.56 Å². The van der Waals surface area contributed by atoms with Crippen LogP contribution < -0.4 is 5.32 Å². The zero-order valence-electron chi connectivity index (χ0n) is 10.6. The average molecular weight is 328 g/mol. The molecule has 1 aliphatic carbocycles. The second-order valence-corrected chi connectivity index (χ2v) is 5.83. The van der Waals surface area contributed by atoms with Crippen molar-refractivity contribution < 1.29 is 15.0 Å². The molecule has 1 aromatic carbocycles. The first kappa shape index (κ1) is 14.3. The highest BCUT2D eigenvalue weighted by atomic mass is 79.9. The quantitative estimate of drug-likeness (QED) is 0.794. The van der Waals surface area contributed by atoms with Crippen molar-refractivity contribution in [2.45, 2.75) is 31.7 Å². The molecule has 5 heteroatoms. The SMILES string of the molecule is O=C(O)c1ccc(NC2CCCCC2CO)c(Br)c1. The van der Waals surface area contributed by atoms with Crippen molar-refractivity contribution in [3.63, 3.8) is 0 Å². The number of nitrogens with one attached hydrogen (secondary N) is 1. The summed E-state index contributed by atoms with van der Waals surface area (Å²) in [6.07, 6.45) is 4.42. The van der Waals surface area contributed by atoms with Gasteiger partial charge in [0.25, 0.3) is 0 Å². The molecule has 0 bridgehead atoms. The monoisotopic (exact) mass is 327 g/mol. The molecule has 2 atom stereocenters. The van der Waals surface area contributed by atoms with E-state index in [2.05, 4.69) is 21.2 Å². The molecular weight excluding hydrogens is 310 g/mol. The number of aromatic carboxylic acids is 1. The second-order valence-electron chi connectivity index (χ2n) is 4.98. The van der Waals surface area contributed by atoms with Crippen LogP contribution in [0, 0.1) is 5.92 Å². The van der Waals surface area contributed by atoms with Gasteiger partial charge in [-0.3, -0.25) is 0 Å². The van der Waals surface area contributed by atoms with E-state index in [1.54, 1.807) is 18.2 Å². The predicted octanol–water partition coefficient (Wildman–Crippen LogP) is 3.11. The van der Waals surface area contributed by atoms with Gasteiger partial charge in [0.1, 0.15) is 0 Å². The number of hydrogen-bond acceptors (Lipinski definition) is 3. The molecule has 0 amide bonds. The Morgan fingerprint density at radius 1 is 1.37 bits per heavy atom. The van der Waals surface area contributed by atoms with E-state index in [-0.39, 0.29) is 24.1 Å². The van der Waals surface area contributed by atoms with E-state index in [1.165, 1.54) is 12.8 Å². The van der Waals surface area contributed by atoms with Crippen molar-refractivity contribution in [1.29, 1.82) is 0 Å². The van der Waals surface area contributed by atoms with E-state index in [0.717, 1.165) is 23.0 Å². The number of benzene rings is 1. The summed E-state index contributed by atoms with van der Waals surface area (Å²) in [6, 6.07) is 5.22. The number of carboxylic acid groups (broad SMARTS) is 1. The van der Waals surface area contributed by atoms with Crippen LogP contribution in [0.25, 0.3) is 0 Å². The summed E-state index contributed by atoms with van der Waals surface area (Å²) < 4.78 is 0.745.